The molecule has 1 nitrogen and oxygen atoms in total. The van der Waals surface area contributed by atoms with E-state index in [0.29, 0.717) is 11.2 Å². The Morgan fingerprint density at radius 2 is 1.86 bits per heavy atom. The monoisotopic (exact) mass is 208 g/mol. The van der Waals surface area contributed by atoms with Crippen LogP contribution >= 0.6 is 11.8 Å². The highest BCUT2D eigenvalue weighted by Crippen LogP contribution is 2.41. The molecule has 0 saturated carbocycles. The van der Waals surface area contributed by atoms with Gasteiger partial charge in [-0.3, -0.25) is 0 Å². The zero-order valence-corrected chi connectivity index (χ0v) is 9.42. The van der Waals surface area contributed by atoms with E-state index in [2.05, 4.69) is 32.0 Å². The van der Waals surface area contributed by atoms with Gasteiger partial charge in [-0.1, -0.05) is 31.2 Å². The van der Waals surface area contributed by atoms with E-state index in [4.69, 9.17) is 0 Å². The third-order valence-electron chi connectivity index (χ3n) is 2.90. The van der Waals surface area contributed by atoms with Gasteiger partial charge in [0.1, 0.15) is 0 Å². The fourth-order valence-corrected chi connectivity index (χ4v) is 3.10. The minimum absolute atomic E-state index is 0.288. The molecular weight excluding hydrogens is 192 g/mol. The molecule has 3 unspecified atom stereocenters. The van der Waals surface area contributed by atoms with Gasteiger partial charge in [-0.25, -0.2) is 0 Å². The molecule has 0 saturated heterocycles. The zero-order valence-electron chi connectivity index (χ0n) is 8.60. The van der Waals surface area contributed by atoms with Gasteiger partial charge in [-0.2, -0.15) is 11.8 Å². The highest BCUT2D eigenvalue weighted by Gasteiger charge is 2.25. The third-order valence-corrected chi connectivity index (χ3v) is 4.37. The molecule has 2 rings (SSSR count). The molecule has 14 heavy (non-hydrogen) atoms. The molecule has 0 aromatic heterocycles. The maximum atomic E-state index is 10.1. The van der Waals surface area contributed by atoms with Gasteiger partial charge in [-0.15, -0.1) is 0 Å². The second-order valence-electron chi connectivity index (χ2n) is 4.03. The van der Waals surface area contributed by atoms with Crippen LogP contribution in [0.3, 0.4) is 0 Å². The Bertz CT molecular complexity index is 324. The van der Waals surface area contributed by atoms with Crippen molar-refractivity contribution in [1.29, 1.82) is 0 Å². The molecule has 1 aromatic rings. The first-order chi connectivity index (χ1) is 6.70. The SMILES string of the molecule is CC1SCC(C)C(O)c2ccccc21. The molecule has 2 heteroatoms. The topological polar surface area (TPSA) is 20.2 Å². The van der Waals surface area contributed by atoms with Crippen molar-refractivity contribution in [3.63, 3.8) is 0 Å². The number of fused-ring (bicyclic) bond motifs is 1. The molecule has 3 atom stereocenters. The highest BCUT2D eigenvalue weighted by molar-refractivity contribution is 7.99. The minimum Gasteiger partial charge on any atom is -0.388 e. The summed E-state index contributed by atoms with van der Waals surface area (Å²) in [5.74, 6) is 1.39. The summed E-state index contributed by atoms with van der Waals surface area (Å²) < 4.78 is 0. The predicted octanol–water partition coefficient (Wildman–Crippen LogP) is 3.16. The van der Waals surface area contributed by atoms with E-state index < -0.39 is 0 Å². The molecular formula is C12H16OS. The standard InChI is InChI=1S/C12H16OS/c1-8-7-14-9(2)10-5-3-4-6-11(10)12(8)13/h3-6,8-9,12-13H,7H2,1-2H3. The second-order valence-corrected chi connectivity index (χ2v) is 5.40. The van der Waals surface area contributed by atoms with Crippen LogP contribution in [-0.4, -0.2) is 10.9 Å². The first-order valence-corrected chi connectivity index (χ1v) is 6.13. The highest BCUT2D eigenvalue weighted by atomic mass is 32.2. The number of hydrogen-bond donors (Lipinski definition) is 1. The van der Waals surface area contributed by atoms with E-state index in [1.807, 2.05) is 17.8 Å². The van der Waals surface area contributed by atoms with Crippen LogP contribution in [-0.2, 0) is 0 Å². The lowest BCUT2D eigenvalue weighted by Crippen LogP contribution is -2.10. The van der Waals surface area contributed by atoms with Crippen LogP contribution in [0.4, 0.5) is 0 Å². The summed E-state index contributed by atoms with van der Waals surface area (Å²) in [6.07, 6.45) is -0.288. The molecule has 0 fully saturated rings. The van der Waals surface area contributed by atoms with Gasteiger partial charge in [0.05, 0.1) is 6.10 Å². The Morgan fingerprint density at radius 1 is 1.21 bits per heavy atom. The number of thioether (sulfide) groups is 1. The first-order valence-electron chi connectivity index (χ1n) is 5.08. The van der Waals surface area contributed by atoms with Gasteiger partial charge in [0.2, 0.25) is 0 Å². The van der Waals surface area contributed by atoms with Crippen molar-refractivity contribution in [2.75, 3.05) is 5.75 Å². The molecule has 0 aliphatic carbocycles. The summed E-state index contributed by atoms with van der Waals surface area (Å²) >= 11 is 1.93. The van der Waals surface area contributed by atoms with E-state index in [9.17, 15) is 5.11 Å². The van der Waals surface area contributed by atoms with Crippen molar-refractivity contribution < 1.29 is 5.11 Å². The lowest BCUT2D eigenvalue weighted by Gasteiger charge is -2.17. The van der Waals surface area contributed by atoms with E-state index in [0.717, 1.165) is 11.3 Å². The quantitative estimate of drug-likeness (QED) is 0.706. The summed E-state index contributed by atoms with van der Waals surface area (Å²) in [6, 6.07) is 8.25. The smallest absolute Gasteiger partial charge is 0.0826 e. The van der Waals surface area contributed by atoms with Gasteiger partial charge in [0, 0.05) is 5.25 Å². The third kappa shape index (κ3) is 1.69. The zero-order chi connectivity index (χ0) is 10.1. The van der Waals surface area contributed by atoms with Crippen molar-refractivity contribution in [3.05, 3.63) is 35.4 Å². The largest absolute Gasteiger partial charge is 0.388 e. The number of hydrogen-bond acceptors (Lipinski definition) is 2. The Kier molecular flexibility index (Phi) is 2.84. The van der Waals surface area contributed by atoms with E-state index >= 15 is 0 Å². The van der Waals surface area contributed by atoms with E-state index in [-0.39, 0.29) is 6.10 Å². The van der Waals surface area contributed by atoms with Gasteiger partial charge in [0.25, 0.3) is 0 Å². The van der Waals surface area contributed by atoms with Gasteiger partial charge >= 0.3 is 0 Å². The average Bonchev–Trinajstić information content (AvgIpc) is 2.33. The Morgan fingerprint density at radius 3 is 2.57 bits per heavy atom. The fourth-order valence-electron chi connectivity index (χ4n) is 1.93. The summed E-state index contributed by atoms with van der Waals surface area (Å²) in [5, 5.41) is 10.6. The summed E-state index contributed by atoms with van der Waals surface area (Å²) in [5.41, 5.74) is 2.42. The molecule has 0 amide bonds. The molecule has 1 aromatic carbocycles. The molecule has 1 heterocycles. The molecule has 76 valence electrons. The molecule has 1 N–H and O–H groups in total. The van der Waals surface area contributed by atoms with Crippen LogP contribution in [0.1, 0.15) is 36.3 Å². The van der Waals surface area contributed by atoms with Crippen LogP contribution in [0.2, 0.25) is 0 Å². The Labute approximate surface area is 89.5 Å². The van der Waals surface area contributed by atoms with Crippen molar-refractivity contribution in [3.8, 4) is 0 Å². The first kappa shape index (κ1) is 10.1. The van der Waals surface area contributed by atoms with Gasteiger partial charge in [-0.05, 0) is 29.7 Å². The lowest BCUT2D eigenvalue weighted by atomic mass is 9.94. The fraction of sp³-hybridized carbons (Fsp3) is 0.500. The number of benzene rings is 1. The van der Waals surface area contributed by atoms with Gasteiger partial charge in [0.15, 0.2) is 0 Å². The summed E-state index contributed by atoms with van der Waals surface area (Å²) in [7, 11) is 0. The van der Waals surface area contributed by atoms with Crippen LogP contribution in [0.5, 0.6) is 0 Å². The summed E-state index contributed by atoms with van der Waals surface area (Å²) in [4.78, 5) is 0. The molecule has 1 aliphatic rings. The normalized spacial score (nSPS) is 32.1. The van der Waals surface area contributed by atoms with Crippen LogP contribution in [0.15, 0.2) is 24.3 Å². The minimum atomic E-state index is -0.288. The maximum Gasteiger partial charge on any atom is 0.0826 e. The molecule has 0 bridgehead atoms. The van der Waals surface area contributed by atoms with Crippen LogP contribution < -0.4 is 0 Å². The molecule has 0 spiro atoms. The van der Waals surface area contributed by atoms with Crippen LogP contribution in [0.25, 0.3) is 0 Å². The molecule has 1 aliphatic heterocycles. The number of aliphatic hydroxyl groups excluding tert-OH is 1. The Balaban J connectivity index is 2.46. The van der Waals surface area contributed by atoms with Crippen molar-refractivity contribution in [2.24, 2.45) is 5.92 Å². The van der Waals surface area contributed by atoms with Crippen molar-refractivity contribution in [1.82, 2.24) is 0 Å². The van der Waals surface area contributed by atoms with Gasteiger partial charge < -0.3 is 5.11 Å². The molecule has 0 radical (unpaired) electrons. The summed E-state index contributed by atoms with van der Waals surface area (Å²) in [6.45, 7) is 4.33. The van der Waals surface area contributed by atoms with E-state index in [1.54, 1.807) is 0 Å². The Hall–Kier alpha value is -0.470. The number of aliphatic hydroxyl groups is 1. The predicted molar refractivity (Wildman–Crippen MR) is 61.4 cm³/mol. The maximum absolute atomic E-state index is 10.1. The van der Waals surface area contributed by atoms with Crippen molar-refractivity contribution in [2.45, 2.75) is 25.2 Å². The van der Waals surface area contributed by atoms with E-state index in [1.165, 1.54) is 5.56 Å². The van der Waals surface area contributed by atoms with Crippen LogP contribution in [0, 0.1) is 5.92 Å². The number of rotatable bonds is 0. The average molecular weight is 208 g/mol. The van der Waals surface area contributed by atoms with Crippen molar-refractivity contribution >= 4 is 11.8 Å². The lowest BCUT2D eigenvalue weighted by molar-refractivity contribution is 0.129. The second kappa shape index (κ2) is 3.95.